The molecule has 18 heavy (non-hydrogen) atoms. The quantitative estimate of drug-likeness (QED) is 0.810. The number of hydrogen-bond donors (Lipinski definition) is 1. The van der Waals surface area contributed by atoms with Crippen LogP contribution < -0.4 is 5.43 Å². The van der Waals surface area contributed by atoms with Crippen LogP contribution in [0.1, 0.15) is 32.6 Å². The van der Waals surface area contributed by atoms with E-state index in [-0.39, 0.29) is 5.91 Å². The van der Waals surface area contributed by atoms with Crippen LogP contribution in [0.5, 0.6) is 0 Å². The van der Waals surface area contributed by atoms with Gasteiger partial charge in [-0.2, -0.15) is 0 Å². The Morgan fingerprint density at radius 3 is 2.78 bits per heavy atom. The summed E-state index contributed by atoms with van der Waals surface area (Å²) in [6, 6.07) is 9.69. The molecule has 1 fully saturated rings. The SMILES string of the molecule is CCCCCN1NC(=Nc2ccccc2)CC1=O. The molecule has 1 aromatic carbocycles. The average molecular weight is 245 g/mol. The van der Waals surface area contributed by atoms with Crippen molar-refractivity contribution in [1.29, 1.82) is 0 Å². The summed E-state index contributed by atoms with van der Waals surface area (Å²) in [5.74, 6) is 0.850. The summed E-state index contributed by atoms with van der Waals surface area (Å²) in [6.45, 7) is 2.92. The van der Waals surface area contributed by atoms with Gasteiger partial charge in [0.2, 0.25) is 5.91 Å². The molecule has 4 heteroatoms. The van der Waals surface area contributed by atoms with Crippen molar-refractivity contribution in [3.63, 3.8) is 0 Å². The van der Waals surface area contributed by atoms with Gasteiger partial charge < -0.3 is 0 Å². The van der Waals surface area contributed by atoms with Crippen LogP contribution in [0.3, 0.4) is 0 Å². The molecule has 0 aliphatic carbocycles. The Morgan fingerprint density at radius 2 is 2.06 bits per heavy atom. The van der Waals surface area contributed by atoms with Crippen LogP contribution in [0.15, 0.2) is 35.3 Å². The fourth-order valence-corrected chi connectivity index (χ4v) is 1.92. The van der Waals surface area contributed by atoms with Crippen molar-refractivity contribution in [2.75, 3.05) is 6.54 Å². The zero-order chi connectivity index (χ0) is 12.8. The number of amides is 1. The molecule has 4 nitrogen and oxygen atoms in total. The Hall–Kier alpha value is -1.84. The highest BCUT2D eigenvalue weighted by Gasteiger charge is 2.24. The highest BCUT2D eigenvalue weighted by Crippen LogP contribution is 2.13. The molecular formula is C14H19N3O. The largest absolute Gasteiger partial charge is 0.282 e. The summed E-state index contributed by atoms with van der Waals surface area (Å²) in [7, 11) is 0. The topological polar surface area (TPSA) is 44.7 Å². The maximum atomic E-state index is 11.8. The normalized spacial score (nSPS) is 17.3. The summed E-state index contributed by atoms with van der Waals surface area (Å²) < 4.78 is 0. The second kappa shape index (κ2) is 6.19. The number of unbranched alkanes of at least 4 members (excludes halogenated alkanes) is 2. The molecule has 0 saturated carbocycles. The third kappa shape index (κ3) is 3.32. The van der Waals surface area contributed by atoms with E-state index in [1.165, 1.54) is 0 Å². The van der Waals surface area contributed by atoms with Gasteiger partial charge in [-0.15, -0.1) is 0 Å². The van der Waals surface area contributed by atoms with Crippen LogP contribution in [0.25, 0.3) is 0 Å². The summed E-state index contributed by atoms with van der Waals surface area (Å²) in [6.07, 6.45) is 3.72. The van der Waals surface area contributed by atoms with E-state index >= 15 is 0 Å². The van der Waals surface area contributed by atoms with Gasteiger partial charge in [0.15, 0.2) is 0 Å². The summed E-state index contributed by atoms with van der Waals surface area (Å²) >= 11 is 0. The van der Waals surface area contributed by atoms with Crippen LogP contribution in [0.4, 0.5) is 5.69 Å². The minimum Gasteiger partial charge on any atom is -0.282 e. The summed E-state index contributed by atoms with van der Waals surface area (Å²) in [4.78, 5) is 16.2. The molecule has 0 spiro atoms. The lowest BCUT2D eigenvalue weighted by Crippen LogP contribution is -2.36. The first-order valence-electron chi connectivity index (χ1n) is 6.49. The van der Waals surface area contributed by atoms with Gasteiger partial charge in [0.25, 0.3) is 0 Å². The Balaban J connectivity index is 1.94. The van der Waals surface area contributed by atoms with Crippen LogP contribution >= 0.6 is 0 Å². The van der Waals surface area contributed by atoms with E-state index in [0.717, 1.165) is 37.3 Å². The number of para-hydroxylation sites is 1. The Bertz CT molecular complexity index is 428. The van der Waals surface area contributed by atoms with E-state index in [0.29, 0.717) is 6.42 Å². The third-order valence-electron chi connectivity index (χ3n) is 2.89. The maximum Gasteiger partial charge on any atom is 0.248 e. The molecule has 0 bridgehead atoms. The first-order valence-corrected chi connectivity index (χ1v) is 6.49. The fourth-order valence-electron chi connectivity index (χ4n) is 1.92. The molecule has 0 unspecified atom stereocenters. The van der Waals surface area contributed by atoms with Crippen LogP contribution in [-0.4, -0.2) is 23.3 Å². The van der Waals surface area contributed by atoms with Crippen LogP contribution in [0, 0.1) is 0 Å². The highest BCUT2D eigenvalue weighted by molar-refractivity contribution is 6.05. The van der Waals surface area contributed by atoms with Crippen molar-refractivity contribution in [2.45, 2.75) is 32.6 Å². The number of nitrogens with zero attached hydrogens (tertiary/aromatic N) is 2. The second-order valence-corrected chi connectivity index (χ2v) is 4.44. The van der Waals surface area contributed by atoms with Crippen LogP contribution in [0.2, 0.25) is 0 Å². The molecular weight excluding hydrogens is 226 g/mol. The van der Waals surface area contributed by atoms with Crippen molar-refractivity contribution in [3.8, 4) is 0 Å². The van der Waals surface area contributed by atoms with E-state index in [9.17, 15) is 4.79 Å². The zero-order valence-electron chi connectivity index (χ0n) is 10.7. The van der Waals surface area contributed by atoms with Crippen molar-refractivity contribution >= 4 is 17.4 Å². The van der Waals surface area contributed by atoms with Crippen molar-refractivity contribution < 1.29 is 4.79 Å². The van der Waals surface area contributed by atoms with E-state index in [2.05, 4.69) is 17.3 Å². The Kier molecular flexibility index (Phi) is 4.34. The molecule has 0 atom stereocenters. The number of carbonyl (C=O) groups is 1. The van der Waals surface area contributed by atoms with Gasteiger partial charge in [-0.05, 0) is 18.6 Å². The van der Waals surface area contributed by atoms with E-state index in [4.69, 9.17) is 0 Å². The summed E-state index contributed by atoms with van der Waals surface area (Å²) in [5.41, 5.74) is 3.96. The number of nitrogens with one attached hydrogen (secondary N) is 1. The van der Waals surface area contributed by atoms with Crippen molar-refractivity contribution in [3.05, 3.63) is 30.3 Å². The number of amidine groups is 1. The first kappa shape index (κ1) is 12.6. The molecule has 0 radical (unpaired) electrons. The number of rotatable bonds is 5. The van der Waals surface area contributed by atoms with Crippen molar-refractivity contribution in [1.82, 2.24) is 10.4 Å². The van der Waals surface area contributed by atoms with Gasteiger partial charge >= 0.3 is 0 Å². The van der Waals surface area contributed by atoms with Gasteiger partial charge in [0.05, 0.1) is 12.1 Å². The van der Waals surface area contributed by atoms with Gasteiger partial charge in [-0.3, -0.25) is 15.2 Å². The highest BCUT2D eigenvalue weighted by atomic mass is 16.2. The van der Waals surface area contributed by atoms with Gasteiger partial charge in [0, 0.05) is 6.54 Å². The number of hydrogen-bond acceptors (Lipinski definition) is 2. The minimum absolute atomic E-state index is 0.112. The monoisotopic (exact) mass is 245 g/mol. The Morgan fingerprint density at radius 1 is 1.28 bits per heavy atom. The number of carbonyl (C=O) groups excluding carboxylic acids is 1. The fraction of sp³-hybridized carbons (Fsp3) is 0.429. The molecule has 1 aliphatic rings. The minimum atomic E-state index is 0.112. The predicted octanol–water partition coefficient (Wildman–Crippen LogP) is 2.64. The van der Waals surface area contributed by atoms with E-state index in [1.807, 2.05) is 30.3 Å². The molecule has 1 saturated heterocycles. The smallest absolute Gasteiger partial charge is 0.248 e. The maximum absolute atomic E-state index is 11.8. The standard InChI is InChI=1S/C14H19N3O/c1-2-3-7-10-17-14(18)11-13(16-17)15-12-8-5-4-6-9-12/h4-6,8-9H,2-3,7,10-11H2,1H3,(H,15,16). The molecule has 1 heterocycles. The number of aliphatic imine (C=N–C) groups is 1. The first-order chi connectivity index (χ1) is 8.79. The zero-order valence-corrected chi connectivity index (χ0v) is 10.7. The molecule has 1 N–H and O–H groups in total. The summed E-state index contributed by atoms with van der Waals surface area (Å²) in [5, 5.41) is 1.68. The Labute approximate surface area is 108 Å². The van der Waals surface area contributed by atoms with Gasteiger partial charge in [-0.25, -0.2) is 4.99 Å². The lowest BCUT2D eigenvalue weighted by Gasteiger charge is -2.15. The molecule has 1 amide bonds. The number of benzene rings is 1. The van der Waals surface area contributed by atoms with Crippen molar-refractivity contribution in [2.24, 2.45) is 4.99 Å². The van der Waals surface area contributed by atoms with E-state index < -0.39 is 0 Å². The number of hydrazine groups is 1. The van der Waals surface area contributed by atoms with Gasteiger partial charge in [0.1, 0.15) is 5.84 Å². The molecule has 96 valence electrons. The lowest BCUT2D eigenvalue weighted by atomic mass is 10.2. The molecule has 2 rings (SSSR count). The average Bonchev–Trinajstić information content (AvgIpc) is 2.71. The molecule has 1 aliphatic heterocycles. The molecule has 1 aromatic rings. The second-order valence-electron chi connectivity index (χ2n) is 4.44. The third-order valence-corrected chi connectivity index (χ3v) is 2.89. The van der Waals surface area contributed by atoms with Gasteiger partial charge in [-0.1, -0.05) is 38.0 Å². The van der Waals surface area contributed by atoms with E-state index in [1.54, 1.807) is 5.01 Å². The molecule has 0 aromatic heterocycles. The lowest BCUT2D eigenvalue weighted by molar-refractivity contribution is -0.129. The predicted molar refractivity (Wildman–Crippen MR) is 72.5 cm³/mol. The van der Waals surface area contributed by atoms with Crippen LogP contribution in [-0.2, 0) is 4.79 Å².